The molecule has 0 aliphatic heterocycles. The molecular formula is C11H14BrClN4O. The van der Waals surface area contributed by atoms with Gasteiger partial charge >= 0.3 is 0 Å². The number of rotatable bonds is 3. The van der Waals surface area contributed by atoms with E-state index in [2.05, 4.69) is 31.2 Å². The highest BCUT2D eigenvalue weighted by Crippen LogP contribution is 2.30. The van der Waals surface area contributed by atoms with Gasteiger partial charge in [-0.05, 0) is 41.6 Å². The molecule has 18 heavy (non-hydrogen) atoms. The summed E-state index contributed by atoms with van der Waals surface area (Å²) in [5.74, 6) is 0.512. The zero-order valence-electron chi connectivity index (χ0n) is 9.70. The first kappa shape index (κ1) is 13.5. The van der Waals surface area contributed by atoms with Crippen LogP contribution >= 0.6 is 27.5 Å². The lowest BCUT2D eigenvalue weighted by molar-refractivity contribution is -0.122. The van der Waals surface area contributed by atoms with Gasteiger partial charge < -0.3 is 11.1 Å². The fraction of sp³-hybridized carbons (Fsp3) is 0.545. The molecule has 1 saturated carbocycles. The van der Waals surface area contributed by atoms with E-state index in [4.69, 9.17) is 17.3 Å². The highest BCUT2D eigenvalue weighted by atomic mass is 79.9. The summed E-state index contributed by atoms with van der Waals surface area (Å²) in [6, 6.07) is 0.294. The first-order valence-corrected chi connectivity index (χ1v) is 6.97. The quantitative estimate of drug-likeness (QED) is 0.832. The van der Waals surface area contributed by atoms with Crippen LogP contribution in [0.5, 0.6) is 0 Å². The lowest BCUT2D eigenvalue weighted by Crippen LogP contribution is -2.32. The molecule has 0 radical (unpaired) electrons. The summed E-state index contributed by atoms with van der Waals surface area (Å²) in [4.78, 5) is 19.1. The van der Waals surface area contributed by atoms with E-state index in [9.17, 15) is 4.79 Å². The number of amides is 1. The van der Waals surface area contributed by atoms with Crippen LogP contribution in [-0.4, -0.2) is 21.9 Å². The second kappa shape index (κ2) is 5.84. The van der Waals surface area contributed by atoms with Gasteiger partial charge in [0.25, 0.3) is 0 Å². The summed E-state index contributed by atoms with van der Waals surface area (Å²) in [6.45, 7) is 0. The molecule has 1 aromatic rings. The van der Waals surface area contributed by atoms with Crippen LogP contribution in [0, 0.1) is 5.92 Å². The van der Waals surface area contributed by atoms with Crippen LogP contribution in [-0.2, 0) is 4.79 Å². The Kier molecular flexibility index (Phi) is 4.40. The van der Waals surface area contributed by atoms with Crippen molar-refractivity contribution in [3.05, 3.63) is 16.0 Å². The molecule has 1 aliphatic carbocycles. The minimum atomic E-state index is -0.195. The van der Waals surface area contributed by atoms with Gasteiger partial charge in [-0.15, -0.1) is 0 Å². The monoisotopic (exact) mass is 332 g/mol. The Morgan fingerprint density at radius 1 is 1.39 bits per heavy atom. The third kappa shape index (κ3) is 3.11. The van der Waals surface area contributed by atoms with Crippen molar-refractivity contribution in [3.8, 4) is 0 Å². The SMILES string of the molecule is NC(=O)C1CCC(Nc2ncnc(Cl)c2Br)CC1. The zero-order chi connectivity index (χ0) is 13.1. The second-order valence-corrected chi connectivity index (χ2v) is 5.57. The molecule has 0 unspecified atom stereocenters. The number of carbonyl (C=O) groups excluding carboxylic acids is 1. The minimum absolute atomic E-state index is 0.0143. The third-order valence-corrected chi connectivity index (χ3v) is 4.48. The Balaban J connectivity index is 1.96. The standard InChI is InChI=1S/C11H14BrClN4O/c12-8-9(13)15-5-16-11(8)17-7-3-1-6(2-4-7)10(14)18/h5-7H,1-4H2,(H2,14,18)(H,15,16,17). The maximum Gasteiger partial charge on any atom is 0.220 e. The summed E-state index contributed by atoms with van der Waals surface area (Å²) in [5, 5.41) is 3.70. The largest absolute Gasteiger partial charge is 0.369 e. The van der Waals surface area contributed by atoms with E-state index in [-0.39, 0.29) is 11.8 Å². The van der Waals surface area contributed by atoms with Gasteiger partial charge in [0.05, 0.1) is 4.47 Å². The third-order valence-electron chi connectivity index (χ3n) is 3.22. The van der Waals surface area contributed by atoms with Crippen molar-refractivity contribution in [2.24, 2.45) is 11.7 Å². The summed E-state index contributed by atoms with van der Waals surface area (Å²) in [7, 11) is 0. The predicted octanol–water partition coefficient (Wildman–Crippen LogP) is 2.35. The summed E-state index contributed by atoms with van der Waals surface area (Å²) in [5.41, 5.74) is 5.30. The lowest BCUT2D eigenvalue weighted by Gasteiger charge is -2.27. The lowest BCUT2D eigenvalue weighted by atomic mass is 9.85. The fourth-order valence-electron chi connectivity index (χ4n) is 2.16. The van der Waals surface area contributed by atoms with Gasteiger partial charge in [0.15, 0.2) is 0 Å². The Bertz CT molecular complexity index is 449. The van der Waals surface area contributed by atoms with E-state index in [1.165, 1.54) is 6.33 Å². The molecule has 1 aliphatic rings. The van der Waals surface area contributed by atoms with E-state index in [0.29, 0.717) is 21.5 Å². The van der Waals surface area contributed by atoms with E-state index in [1.807, 2.05) is 0 Å². The van der Waals surface area contributed by atoms with Crippen LogP contribution < -0.4 is 11.1 Å². The van der Waals surface area contributed by atoms with Gasteiger partial charge in [-0.25, -0.2) is 9.97 Å². The molecule has 0 atom stereocenters. The number of nitrogens with one attached hydrogen (secondary N) is 1. The number of carbonyl (C=O) groups is 1. The summed E-state index contributed by atoms with van der Waals surface area (Å²) >= 11 is 9.25. The molecule has 5 nitrogen and oxygen atoms in total. The number of primary amides is 1. The normalized spacial score (nSPS) is 23.7. The molecule has 0 bridgehead atoms. The van der Waals surface area contributed by atoms with Crippen molar-refractivity contribution < 1.29 is 4.79 Å². The van der Waals surface area contributed by atoms with Gasteiger partial charge in [0.2, 0.25) is 5.91 Å². The second-order valence-electron chi connectivity index (χ2n) is 4.42. The number of aromatic nitrogens is 2. The molecule has 0 aromatic carbocycles. The average Bonchev–Trinajstić information content (AvgIpc) is 2.36. The maximum absolute atomic E-state index is 11.1. The fourth-order valence-corrected chi connectivity index (χ4v) is 2.62. The van der Waals surface area contributed by atoms with Crippen LogP contribution in [0.1, 0.15) is 25.7 Å². The Morgan fingerprint density at radius 3 is 2.67 bits per heavy atom. The molecule has 1 amide bonds. The van der Waals surface area contributed by atoms with E-state index >= 15 is 0 Å². The highest BCUT2D eigenvalue weighted by Gasteiger charge is 2.25. The number of nitrogens with two attached hydrogens (primary N) is 1. The number of hydrogen-bond acceptors (Lipinski definition) is 4. The molecule has 2 rings (SSSR count). The van der Waals surface area contributed by atoms with E-state index < -0.39 is 0 Å². The van der Waals surface area contributed by atoms with Gasteiger partial charge in [-0.3, -0.25) is 4.79 Å². The van der Waals surface area contributed by atoms with Crippen LogP contribution in [0.3, 0.4) is 0 Å². The summed E-state index contributed by atoms with van der Waals surface area (Å²) < 4.78 is 0.670. The van der Waals surface area contributed by atoms with Crippen molar-refractivity contribution in [2.45, 2.75) is 31.7 Å². The molecule has 1 aromatic heterocycles. The number of halogens is 2. The zero-order valence-corrected chi connectivity index (χ0v) is 12.0. The highest BCUT2D eigenvalue weighted by molar-refractivity contribution is 9.10. The van der Waals surface area contributed by atoms with Gasteiger partial charge in [0.1, 0.15) is 17.3 Å². The van der Waals surface area contributed by atoms with Crippen LogP contribution in [0.2, 0.25) is 5.15 Å². The van der Waals surface area contributed by atoms with E-state index in [1.54, 1.807) is 0 Å². The summed E-state index contributed by atoms with van der Waals surface area (Å²) in [6.07, 6.45) is 4.88. The van der Waals surface area contributed by atoms with Crippen LogP contribution in [0.15, 0.2) is 10.8 Å². The Morgan fingerprint density at radius 2 is 2.06 bits per heavy atom. The molecule has 0 saturated heterocycles. The number of anilines is 1. The predicted molar refractivity (Wildman–Crippen MR) is 73.3 cm³/mol. The smallest absolute Gasteiger partial charge is 0.220 e. The van der Waals surface area contributed by atoms with Gasteiger partial charge in [0, 0.05) is 12.0 Å². The minimum Gasteiger partial charge on any atom is -0.369 e. The van der Waals surface area contributed by atoms with Crippen LogP contribution in [0.4, 0.5) is 5.82 Å². The molecule has 3 N–H and O–H groups in total. The molecule has 1 heterocycles. The van der Waals surface area contributed by atoms with Crippen molar-refractivity contribution in [2.75, 3.05) is 5.32 Å². The number of hydrogen-bond donors (Lipinski definition) is 2. The van der Waals surface area contributed by atoms with Crippen molar-refractivity contribution >= 4 is 39.3 Å². The topological polar surface area (TPSA) is 80.9 Å². The first-order chi connectivity index (χ1) is 8.58. The average molecular weight is 334 g/mol. The van der Waals surface area contributed by atoms with Crippen molar-refractivity contribution in [1.82, 2.24) is 9.97 Å². The maximum atomic E-state index is 11.1. The van der Waals surface area contributed by atoms with Crippen molar-refractivity contribution in [3.63, 3.8) is 0 Å². The molecule has 98 valence electrons. The van der Waals surface area contributed by atoms with Gasteiger partial charge in [-0.2, -0.15) is 0 Å². The molecule has 7 heteroatoms. The van der Waals surface area contributed by atoms with Gasteiger partial charge in [-0.1, -0.05) is 11.6 Å². The Hall–Kier alpha value is -0.880. The Labute approximate surface area is 119 Å². The van der Waals surface area contributed by atoms with Crippen molar-refractivity contribution in [1.29, 1.82) is 0 Å². The molecule has 0 spiro atoms. The molecule has 1 fully saturated rings. The molecular weight excluding hydrogens is 320 g/mol. The first-order valence-electron chi connectivity index (χ1n) is 5.79. The number of nitrogens with zero attached hydrogens (tertiary/aromatic N) is 2. The van der Waals surface area contributed by atoms with E-state index in [0.717, 1.165) is 25.7 Å². The van der Waals surface area contributed by atoms with Crippen LogP contribution in [0.25, 0.3) is 0 Å².